The molecule has 0 bridgehead atoms. The zero-order valence-electron chi connectivity index (χ0n) is 9.61. The third-order valence-corrected chi connectivity index (χ3v) is 4.29. The molecule has 0 aliphatic rings. The zero-order chi connectivity index (χ0) is 12.3. The Morgan fingerprint density at radius 3 is 2.88 bits per heavy atom. The van der Waals surface area contributed by atoms with Crippen molar-refractivity contribution in [1.82, 2.24) is 5.43 Å². The summed E-state index contributed by atoms with van der Waals surface area (Å²) in [6.45, 7) is 2.11. The summed E-state index contributed by atoms with van der Waals surface area (Å²) in [7, 11) is 0. The van der Waals surface area contributed by atoms with E-state index in [1.807, 2.05) is 6.07 Å². The van der Waals surface area contributed by atoms with Crippen molar-refractivity contribution in [2.75, 3.05) is 0 Å². The molecule has 4 heteroatoms. The van der Waals surface area contributed by atoms with Crippen molar-refractivity contribution in [3.8, 4) is 0 Å². The fourth-order valence-corrected chi connectivity index (χ4v) is 2.58. The number of hydrazine groups is 1. The normalized spacial score (nSPS) is 12.6. The van der Waals surface area contributed by atoms with Crippen LogP contribution < -0.4 is 11.3 Å². The van der Waals surface area contributed by atoms with Crippen molar-refractivity contribution < 1.29 is 4.42 Å². The molecule has 2 rings (SSSR count). The van der Waals surface area contributed by atoms with Gasteiger partial charge in [-0.1, -0.05) is 18.2 Å². The van der Waals surface area contributed by atoms with Gasteiger partial charge in [0.2, 0.25) is 0 Å². The zero-order valence-corrected chi connectivity index (χ0v) is 11.8. The number of halogens is 1. The number of benzene rings is 1. The molecule has 2 aromatic rings. The summed E-state index contributed by atoms with van der Waals surface area (Å²) < 4.78 is 6.34. The number of hydrogen-bond acceptors (Lipinski definition) is 3. The predicted octanol–water partition coefficient (Wildman–Crippen LogP) is 2.94. The SMILES string of the molecule is Cc1cccc(C(Cc2ccoc2)NN)c1I. The Labute approximate surface area is 114 Å². The minimum atomic E-state index is 0.111. The Balaban J connectivity index is 2.26. The maximum Gasteiger partial charge on any atom is 0.0935 e. The monoisotopic (exact) mass is 342 g/mol. The molecule has 0 spiro atoms. The molecule has 0 radical (unpaired) electrons. The highest BCUT2D eigenvalue weighted by atomic mass is 127. The highest BCUT2D eigenvalue weighted by Crippen LogP contribution is 2.25. The van der Waals surface area contributed by atoms with Gasteiger partial charge in [-0.2, -0.15) is 0 Å². The van der Waals surface area contributed by atoms with Crippen LogP contribution in [0.5, 0.6) is 0 Å². The Morgan fingerprint density at radius 1 is 1.41 bits per heavy atom. The first kappa shape index (κ1) is 12.6. The van der Waals surface area contributed by atoms with Gasteiger partial charge in [0.25, 0.3) is 0 Å². The van der Waals surface area contributed by atoms with E-state index in [-0.39, 0.29) is 6.04 Å². The van der Waals surface area contributed by atoms with Crippen LogP contribution in [0.15, 0.2) is 41.2 Å². The van der Waals surface area contributed by atoms with Crippen molar-refractivity contribution in [1.29, 1.82) is 0 Å². The fraction of sp³-hybridized carbons (Fsp3) is 0.231. The van der Waals surface area contributed by atoms with E-state index >= 15 is 0 Å². The molecular weight excluding hydrogens is 327 g/mol. The van der Waals surface area contributed by atoms with Crippen LogP contribution in [-0.2, 0) is 6.42 Å². The Bertz CT molecular complexity index is 482. The van der Waals surface area contributed by atoms with Crippen molar-refractivity contribution in [2.24, 2.45) is 5.84 Å². The lowest BCUT2D eigenvalue weighted by molar-refractivity contribution is 0.534. The first-order valence-corrected chi connectivity index (χ1v) is 6.52. The molecule has 0 saturated carbocycles. The molecule has 0 saturated heterocycles. The lowest BCUT2D eigenvalue weighted by atomic mass is 9.99. The second-order valence-electron chi connectivity index (χ2n) is 4.03. The van der Waals surface area contributed by atoms with Crippen molar-refractivity contribution in [2.45, 2.75) is 19.4 Å². The van der Waals surface area contributed by atoms with Crippen LogP contribution in [0.2, 0.25) is 0 Å². The molecule has 17 heavy (non-hydrogen) atoms. The van der Waals surface area contributed by atoms with Gasteiger partial charge in [0.1, 0.15) is 0 Å². The molecule has 1 heterocycles. The van der Waals surface area contributed by atoms with E-state index in [9.17, 15) is 0 Å². The number of hydrogen-bond donors (Lipinski definition) is 2. The van der Waals surface area contributed by atoms with E-state index < -0.39 is 0 Å². The van der Waals surface area contributed by atoms with Gasteiger partial charge in [0, 0.05) is 3.57 Å². The maximum absolute atomic E-state index is 5.66. The van der Waals surface area contributed by atoms with Gasteiger partial charge < -0.3 is 4.42 Å². The van der Waals surface area contributed by atoms with Crippen molar-refractivity contribution >= 4 is 22.6 Å². The van der Waals surface area contributed by atoms with E-state index in [1.165, 1.54) is 14.7 Å². The fourth-order valence-electron chi connectivity index (χ4n) is 1.84. The van der Waals surface area contributed by atoms with Crippen LogP contribution in [0.4, 0.5) is 0 Å². The number of rotatable bonds is 4. The highest BCUT2D eigenvalue weighted by molar-refractivity contribution is 14.1. The van der Waals surface area contributed by atoms with E-state index in [1.54, 1.807) is 12.5 Å². The summed E-state index contributed by atoms with van der Waals surface area (Å²) in [5, 5.41) is 0. The molecule has 1 aromatic heterocycles. The van der Waals surface area contributed by atoms with Crippen molar-refractivity contribution in [3.63, 3.8) is 0 Å². The van der Waals surface area contributed by atoms with Crippen LogP contribution in [0.25, 0.3) is 0 Å². The van der Waals surface area contributed by atoms with Gasteiger partial charge >= 0.3 is 0 Å². The average molecular weight is 342 g/mol. The minimum Gasteiger partial charge on any atom is -0.472 e. The maximum atomic E-state index is 5.66. The molecule has 90 valence electrons. The van der Waals surface area contributed by atoms with Crippen LogP contribution in [-0.4, -0.2) is 0 Å². The first-order valence-electron chi connectivity index (χ1n) is 5.44. The van der Waals surface area contributed by atoms with Crippen LogP contribution in [0.3, 0.4) is 0 Å². The summed E-state index contributed by atoms with van der Waals surface area (Å²) in [5.74, 6) is 5.66. The summed E-state index contributed by atoms with van der Waals surface area (Å²) in [5.41, 5.74) is 6.53. The highest BCUT2D eigenvalue weighted by Gasteiger charge is 2.15. The lowest BCUT2D eigenvalue weighted by Crippen LogP contribution is -2.30. The van der Waals surface area contributed by atoms with Gasteiger partial charge in [0.15, 0.2) is 0 Å². The van der Waals surface area contributed by atoms with Crippen LogP contribution >= 0.6 is 22.6 Å². The summed E-state index contributed by atoms with van der Waals surface area (Å²) in [4.78, 5) is 0. The first-order chi connectivity index (χ1) is 8.22. The van der Waals surface area contributed by atoms with E-state index in [0.717, 1.165) is 12.0 Å². The average Bonchev–Trinajstić information content (AvgIpc) is 2.83. The Hall–Kier alpha value is -0.850. The van der Waals surface area contributed by atoms with Gasteiger partial charge in [-0.25, -0.2) is 0 Å². The standard InChI is InChI=1S/C13H15IN2O/c1-9-3-2-4-11(13(9)14)12(16-15)7-10-5-6-17-8-10/h2-6,8,12,16H,7,15H2,1H3. The topological polar surface area (TPSA) is 51.2 Å². The predicted molar refractivity (Wildman–Crippen MR) is 76.4 cm³/mol. The second kappa shape index (κ2) is 5.66. The smallest absolute Gasteiger partial charge is 0.0935 e. The summed E-state index contributed by atoms with van der Waals surface area (Å²) in [6.07, 6.45) is 4.27. The third-order valence-electron chi connectivity index (χ3n) is 2.82. The van der Waals surface area contributed by atoms with Gasteiger partial charge in [-0.15, -0.1) is 0 Å². The summed E-state index contributed by atoms with van der Waals surface area (Å²) >= 11 is 2.37. The Kier molecular flexibility index (Phi) is 4.20. The molecule has 0 aliphatic carbocycles. The van der Waals surface area contributed by atoms with Crippen LogP contribution in [0, 0.1) is 10.5 Å². The van der Waals surface area contributed by atoms with Gasteiger partial charge in [-0.3, -0.25) is 11.3 Å². The third kappa shape index (κ3) is 2.88. The summed E-state index contributed by atoms with van der Waals surface area (Å²) in [6, 6.07) is 8.36. The molecule has 3 N–H and O–H groups in total. The van der Waals surface area contributed by atoms with E-state index in [2.05, 4.69) is 53.1 Å². The minimum absolute atomic E-state index is 0.111. The van der Waals surface area contributed by atoms with E-state index in [4.69, 9.17) is 10.3 Å². The molecule has 1 aromatic carbocycles. The second-order valence-corrected chi connectivity index (χ2v) is 5.11. The lowest BCUT2D eigenvalue weighted by Gasteiger charge is -2.18. The van der Waals surface area contributed by atoms with Crippen LogP contribution in [0.1, 0.15) is 22.7 Å². The molecule has 1 unspecified atom stereocenters. The largest absolute Gasteiger partial charge is 0.472 e. The van der Waals surface area contributed by atoms with Crippen molar-refractivity contribution in [3.05, 3.63) is 57.1 Å². The van der Waals surface area contributed by atoms with E-state index in [0.29, 0.717) is 0 Å². The number of aryl methyl sites for hydroxylation is 1. The molecule has 0 amide bonds. The molecule has 0 fully saturated rings. The molecule has 0 aliphatic heterocycles. The molecule has 1 atom stereocenters. The van der Waals surface area contributed by atoms with Gasteiger partial charge in [0.05, 0.1) is 18.6 Å². The number of furan rings is 1. The Morgan fingerprint density at radius 2 is 2.24 bits per heavy atom. The molecular formula is C13H15IN2O. The molecule has 3 nitrogen and oxygen atoms in total. The number of nitrogens with two attached hydrogens (primary N) is 1. The van der Waals surface area contributed by atoms with Gasteiger partial charge in [-0.05, 0) is 58.7 Å². The quantitative estimate of drug-likeness (QED) is 0.510. The number of nitrogens with one attached hydrogen (secondary N) is 1.